The van der Waals surface area contributed by atoms with Gasteiger partial charge < -0.3 is 4.74 Å². The summed E-state index contributed by atoms with van der Waals surface area (Å²) in [5.74, 6) is 0. The van der Waals surface area contributed by atoms with E-state index in [1.165, 1.54) is 0 Å². The van der Waals surface area contributed by atoms with Crippen LogP contribution in [0.1, 0.15) is 13.3 Å². The molecule has 0 atom stereocenters. The molecular weight excluding hydrogens is 214 g/mol. The highest BCUT2D eigenvalue weighted by molar-refractivity contribution is 4.86. The molecule has 1 aliphatic heterocycles. The minimum absolute atomic E-state index is 0.158. The zero-order chi connectivity index (χ0) is 11.8. The number of hydrogen-bond acceptors (Lipinski definition) is 4. The summed E-state index contributed by atoms with van der Waals surface area (Å²) in [4.78, 5) is 37.8. The average Bonchev–Trinajstić information content (AvgIpc) is 2.14. The summed E-state index contributed by atoms with van der Waals surface area (Å²) in [7, 11) is 0. The van der Waals surface area contributed by atoms with E-state index in [-0.39, 0.29) is 12.0 Å². The first-order valence-electron chi connectivity index (χ1n) is 5.07. The van der Waals surface area contributed by atoms with Crippen molar-refractivity contribution in [3.05, 3.63) is 31.5 Å². The summed E-state index contributed by atoms with van der Waals surface area (Å²) in [5, 5.41) is 0. The maximum atomic E-state index is 11.4. The number of rotatable bonds is 3. The molecule has 0 spiro atoms. The first-order valence-corrected chi connectivity index (χ1v) is 5.07. The number of nitrogens with one attached hydrogen (secondary N) is 2. The third-order valence-corrected chi connectivity index (χ3v) is 2.99. The first kappa shape index (κ1) is 10.9. The molecule has 2 rings (SSSR count). The van der Waals surface area contributed by atoms with Crippen molar-refractivity contribution in [1.82, 2.24) is 14.5 Å². The fourth-order valence-electron chi connectivity index (χ4n) is 1.73. The van der Waals surface area contributed by atoms with Crippen LogP contribution < -0.4 is 17.1 Å². The molecule has 0 unspecified atom stereocenters. The van der Waals surface area contributed by atoms with E-state index in [1.807, 2.05) is 16.9 Å². The van der Waals surface area contributed by atoms with Crippen molar-refractivity contribution in [3.63, 3.8) is 0 Å². The van der Waals surface area contributed by atoms with Gasteiger partial charge in [-0.3, -0.25) is 9.97 Å². The number of aromatic nitrogens is 3. The van der Waals surface area contributed by atoms with Crippen LogP contribution in [0.15, 0.2) is 14.4 Å². The predicted octanol–water partition coefficient (Wildman–Crippen LogP) is -1.35. The van der Waals surface area contributed by atoms with Gasteiger partial charge in [0.25, 0.3) is 0 Å². The number of H-pyrrole nitrogens is 2. The molecule has 1 aliphatic rings. The lowest BCUT2D eigenvalue weighted by Gasteiger charge is -2.40. The SMILES string of the molecule is CCC1(Cn2c(=O)[nH]c(=O)[nH]c2=O)COC1. The van der Waals surface area contributed by atoms with Gasteiger partial charge in [-0.15, -0.1) is 0 Å². The van der Waals surface area contributed by atoms with Crippen LogP contribution in [-0.2, 0) is 11.3 Å². The Labute approximate surface area is 90.1 Å². The summed E-state index contributed by atoms with van der Waals surface area (Å²) in [6.07, 6.45) is 0.817. The van der Waals surface area contributed by atoms with Crippen molar-refractivity contribution in [3.8, 4) is 0 Å². The van der Waals surface area contributed by atoms with Crippen LogP contribution in [0.2, 0.25) is 0 Å². The van der Waals surface area contributed by atoms with Gasteiger partial charge in [0.1, 0.15) is 0 Å². The van der Waals surface area contributed by atoms with Crippen molar-refractivity contribution in [2.24, 2.45) is 5.41 Å². The van der Waals surface area contributed by atoms with Gasteiger partial charge >= 0.3 is 17.1 Å². The smallest absolute Gasteiger partial charge is 0.333 e. The van der Waals surface area contributed by atoms with E-state index in [4.69, 9.17) is 4.74 Å². The molecule has 0 saturated carbocycles. The Balaban J connectivity index is 2.39. The maximum Gasteiger partial charge on any atom is 0.333 e. The van der Waals surface area contributed by atoms with Crippen LogP contribution in [0, 0.1) is 5.41 Å². The van der Waals surface area contributed by atoms with Crippen LogP contribution in [-0.4, -0.2) is 27.7 Å². The van der Waals surface area contributed by atoms with Crippen molar-refractivity contribution in [2.75, 3.05) is 13.2 Å². The first-order chi connectivity index (χ1) is 7.56. The second kappa shape index (κ2) is 3.75. The summed E-state index contributed by atoms with van der Waals surface area (Å²) in [6.45, 7) is 3.32. The molecule has 0 aliphatic carbocycles. The van der Waals surface area contributed by atoms with E-state index in [1.54, 1.807) is 0 Å². The van der Waals surface area contributed by atoms with Gasteiger partial charge in [-0.25, -0.2) is 19.0 Å². The van der Waals surface area contributed by atoms with Gasteiger partial charge in [-0.1, -0.05) is 6.92 Å². The number of nitrogens with zero attached hydrogens (tertiary/aromatic N) is 1. The Morgan fingerprint density at radius 1 is 1.25 bits per heavy atom. The van der Waals surface area contributed by atoms with Gasteiger partial charge in [0.2, 0.25) is 0 Å². The molecular formula is C9H13N3O4. The molecule has 7 heteroatoms. The highest BCUT2D eigenvalue weighted by atomic mass is 16.5. The molecule has 2 N–H and O–H groups in total. The second-order valence-electron chi connectivity index (χ2n) is 4.12. The van der Waals surface area contributed by atoms with Crippen LogP contribution >= 0.6 is 0 Å². The van der Waals surface area contributed by atoms with E-state index >= 15 is 0 Å². The Morgan fingerprint density at radius 2 is 1.81 bits per heavy atom. The molecule has 0 radical (unpaired) electrons. The maximum absolute atomic E-state index is 11.4. The van der Waals surface area contributed by atoms with E-state index in [0.29, 0.717) is 13.2 Å². The standard InChI is InChI=1S/C9H13N3O4/c1-2-9(4-16-5-9)3-12-7(14)10-6(13)11-8(12)15/h2-5H2,1H3,(H2,10,11,13,14,15). The monoisotopic (exact) mass is 227 g/mol. The van der Waals surface area contributed by atoms with Gasteiger partial charge in [-0.05, 0) is 6.42 Å². The predicted molar refractivity (Wildman–Crippen MR) is 55.5 cm³/mol. The lowest BCUT2D eigenvalue weighted by Crippen LogP contribution is -2.52. The summed E-state index contributed by atoms with van der Waals surface area (Å²) < 4.78 is 6.11. The zero-order valence-corrected chi connectivity index (χ0v) is 8.91. The fraction of sp³-hybridized carbons (Fsp3) is 0.667. The molecule has 1 saturated heterocycles. The largest absolute Gasteiger partial charge is 0.380 e. The van der Waals surface area contributed by atoms with Gasteiger partial charge in [-0.2, -0.15) is 0 Å². The van der Waals surface area contributed by atoms with Gasteiger partial charge in [0, 0.05) is 12.0 Å². The van der Waals surface area contributed by atoms with Crippen molar-refractivity contribution in [2.45, 2.75) is 19.9 Å². The molecule has 7 nitrogen and oxygen atoms in total. The molecule has 1 aromatic rings. The zero-order valence-electron chi connectivity index (χ0n) is 8.91. The van der Waals surface area contributed by atoms with Crippen molar-refractivity contribution < 1.29 is 4.74 Å². The lowest BCUT2D eigenvalue weighted by atomic mass is 9.83. The Bertz CT molecular complexity index is 509. The van der Waals surface area contributed by atoms with Crippen LogP contribution in [0.25, 0.3) is 0 Å². The van der Waals surface area contributed by atoms with Crippen LogP contribution in [0.5, 0.6) is 0 Å². The number of aromatic amines is 2. The van der Waals surface area contributed by atoms with E-state index < -0.39 is 17.1 Å². The molecule has 1 aromatic heterocycles. The minimum atomic E-state index is -0.776. The average molecular weight is 227 g/mol. The number of hydrogen-bond donors (Lipinski definition) is 2. The minimum Gasteiger partial charge on any atom is -0.380 e. The Morgan fingerprint density at radius 3 is 2.19 bits per heavy atom. The van der Waals surface area contributed by atoms with Crippen molar-refractivity contribution >= 4 is 0 Å². The highest BCUT2D eigenvalue weighted by Crippen LogP contribution is 2.32. The lowest BCUT2D eigenvalue weighted by molar-refractivity contribution is -0.124. The molecule has 0 bridgehead atoms. The highest BCUT2D eigenvalue weighted by Gasteiger charge is 2.37. The fourth-order valence-corrected chi connectivity index (χ4v) is 1.73. The Kier molecular flexibility index (Phi) is 2.55. The molecule has 0 amide bonds. The third-order valence-electron chi connectivity index (χ3n) is 2.99. The summed E-state index contributed by atoms with van der Waals surface area (Å²) >= 11 is 0. The van der Waals surface area contributed by atoms with Crippen LogP contribution in [0.4, 0.5) is 0 Å². The quantitative estimate of drug-likeness (QED) is 0.667. The molecule has 0 aromatic carbocycles. The molecule has 16 heavy (non-hydrogen) atoms. The third kappa shape index (κ3) is 1.73. The topological polar surface area (TPSA) is 97.0 Å². The van der Waals surface area contributed by atoms with Gasteiger partial charge in [0.05, 0.1) is 13.2 Å². The van der Waals surface area contributed by atoms with Crippen LogP contribution in [0.3, 0.4) is 0 Å². The van der Waals surface area contributed by atoms with E-state index in [0.717, 1.165) is 11.0 Å². The second-order valence-corrected chi connectivity index (χ2v) is 4.12. The van der Waals surface area contributed by atoms with E-state index in [2.05, 4.69) is 0 Å². The summed E-state index contributed by atoms with van der Waals surface area (Å²) in [6, 6.07) is 0. The van der Waals surface area contributed by atoms with Crippen molar-refractivity contribution in [1.29, 1.82) is 0 Å². The number of ether oxygens (including phenoxy) is 1. The van der Waals surface area contributed by atoms with E-state index in [9.17, 15) is 14.4 Å². The molecule has 1 fully saturated rings. The molecule has 2 heterocycles. The molecule has 88 valence electrons. The summed E-state index contributed by atoms with van der Waals surface area (Å²) in [5.41, 5.74) is -2.28. The normalized spacial score (nSPS) is 18.1. The van der Waals surface area contributed by atoms with Gasteiger partial charge in [0.15, 0.2) is 0 Å². The Hall–Kier alpha value is -1.63.